The molecule has 2 saturated carbocycles. The van der Waals surface area contributed by atoms with Gasteiger partial charge in [-0.2, -0.15) is 0 Å². The van der Waals surface area contributed by atoms with Gasteiger partial charge in [0.15, 0.2) is 11.5 Å². The number of ether oxygens (including phenoxy) is 1. The molecule has 25 heavy (non-hydrogen) atoms. The minimum Gasteiger partial charge on any atom is -0.504 e. The molecule has 0 aliphatic heterocycles. The molecule has 2 fully saturated rings. The minimum absolute atomic E-state index is 0.0289. The van der Waals surface area contributed by atoms with E-state index >= 15 is 0 Å². The van der Waals surface area contributed by atoms with Crippen molar-refractivity contribution in [3.8, 4) is 11.5 Å². The van der Waals surface area contributed by atoms with Gasteiger partial charge in [-0.15, -0.1) is 0 Å². The molecule has 0 bridgehead atoms. The number of phenolic OH excluding ortho intramolecular Hbond substituents is 1. The summed E-state index contributed by atoms with van der Waals surface area (Å²) in [6.07, 6.45) is 4.39. The summed E-state index contributed by atoms with van der Waals surface area (Å²) >= 11 is 0. The Balaban J connectivity index is 1.79. The highest BCUT2D eigenvalue weighted by Gasteiger charge is 2.55. The van der Waals surface area contributed by atoms with Crippen LogP contribution in [-0.4, -0.2) is 33.8 Å². The number of hydrogen-bond acceptors (Lipinski definition) is 5. The van der Waals surface area contributed by atoms with Crippen molar-refractivity contribution in [1.82, 2.24) is 0 Å². The van der Waals surface area contributed by atoms with Crippen molar-refractivity contribution in [2.45, 2.75) is 58.0 Å². The average molecular weight is 345 g/mol. The Morgan fingerprint density at radius 1 is 1.28 bits per heavy atom. The SMILES string of the molecule is CCOc1cc2c(cc1O)/C(=N\O)C[C@@H]1[C@@H]2CC[C@]2(C)[C@@H]1CC[C@@H]2O. The molecule has 5 nitrogen and oxygen atoms in total. The molecule has 4 rings (SSSR count). The summed E-state index contributed by atoms with van der Waals surface area (Å²) in [4.78, 5) is 0. The number of hydrogen-bond donors (Lipinski definition) is 3. The predicted octanol–water partition coefficient (Wildman–Crippen LogP) is 3.64. The number of nitrogens with zero attached hydrogens (tertiary/aromatic N) is 1. The van der Waals surface area contributed by atoms with E-state index in [0.29, 0.717) is 42.2 Å². The molecule has 0 radical (unpaired) electrons. The number of oxime groups is 1. The summed E-state index contributed by atoms with van der Waals surface area (Å²) in [6, 6.07) is 3.62. The highest BCUT2D eigenvalue weighted by molar-refractivity contribution is 6.03. The highest BCUT2D eigenvalue weighted by Crippen LogP contribution is 2.61. The Bertz CT molecular complexity index is 716. The third-order valence-electron chi connectivity index (χ3n) is 7.08. The lowest BCUT2D eigenvalue weighted by Crippen LogP contribution is -2.45. The molecule has 0 amide bonds. The van der Waals surface area contributed by atoms with Crippen LogP contribution < -0.4 is 4.74 Å². The van der Waals surface area contributed by atoms with Crippen LogP contribution in [0.5, 0.6) is 11.5 Å². The molecule has 0 heterocycles. The number of aliphatic hydroxyl groups excluding tert-OH is 1. The van der Waals surface area contributed by atoms with E-state index in [2.05, 4.69) is 12.1 Å². The van der Waals surface area contributed by atoms with Crippen LogP contribution in [0, 0.1) is 17.3 Å². The summed E-state index contributed by atoms with van der Waals surface area (Å²) in [7, 11) is 0. The largest absolute Gasteiger partial charge is 0.504 e. The van der Waals surface area contributed by atoms with Crippen molar-refractivity contribution in [3.63, 3.8) is 0 Å². The number of aliphatic hydroxyl groups is 1. The third-order valence-corrected chi connectivity index (χ3v) is 7.08. The smallest absolute Gasteiger partial charge is 0.161 e. The van der Waals surface area contributed by atoms with Crippen LogP contribution in [0.2, 0.25) is 0 Å². The lowest BCUT2D eigenvalue weighted by molar-refractivity contribution is -0.0178. The van der Waals surface area contributed by atoms with E-state index in [0.717, 1.165) is 36.8 Å². The number of phenols is 1. The Morgan fingerprint density at radius 3 is 2.80 bits per heavy atom. The van der Waals surface area contributed by atoms with Gasteiger partial charge < -0.3 is 20.2 Å². The van der Waals surface area contributed by atoms with Gasteiger partial charge in [0, 0.05) is 5.56 Å². The lowest BCUT2D eigenvalue weighted by Gasteiger charge is -2.50. The van der Waals surface area contributed by atoms with E-state index in [4.69, 9.17) is 4.74 Å². The van der Waals surface area contributed by atoms with Gasteiger partial charge in [-0.05, 0) is 79.9 Å². The first kappa shape index (κ1) is 16.7. The van der Waals surface area contributed by atoms with E-state index in [9.17, 15) is 15.4 Å². The molecule has 3 N–H and O–H groups in total. The molecule has 0 unspecified atom stereocenters. The van der Waals surface area contributed by atoms with Gasteiger partial charge in [-0.1, -0.05) is 12.1 Å². The van der Waals surface area contributed by atoms with E-state index in [1.54, 1.807) is 6.07 Å². The number of rotatable bonds is 2. The summed E-state index contributed by atoms with van der Waals surface area (Å²) in [6.45, 7) is 4.61. The maximum absolute atomic E-state index is 10.5. The average Bonchev–Trinajstić information content (AvgIpc) is 2.90. The fraction of sp³-hybridized carbons (Fsp3) is 0.650. The van der Waals surface area contributed by atoms with Gasteiger partial charge in [0.1, 0.15) is 0 Å². The van der Waals surface area contributed by atoms with E-state index < -0.39 is 0 Å². The summed E-state index contributed by atoms with van der Waals surface area (Å²) in [5.41, 5.74) is 2.57. The van der Waals surface area contributed by atoms with Gasteiger partial charge in [-0.25, -0.2) is 0 Å². The molecule has 1 aromatic rings. The normalized spacial score (nSPS) is 38.1. The van der Waals surface area contributed by atoms with Crippen molar-refractivity contribution < 1.29 is 20.2 Å². The fourth-order valence-electron chi connectivity index (χ4n) is 5.77. The standard InChI is InChI=1S/C20H27NO4/c1-3-25-18-10-12-11-6-7-20(2)15(4-5-19(20)23)13(11)8-16(21-24)14(12)9-17(18)22/h9-11,13,15,19,22-24H,3-8H2,1-2H3/b21-16-/t11-,13-,15-,19+,20-/m1/s1. The first-order chi connectivity index (χ1) is 12.0. The maximum atomic E-state index is 10.5. The summed E-state index contributed by atoms with van der Waals surface area (Å²) in [5, 5.41) is 33.9. The van der Waals surface area contributed by atoms with Crippen molar-refractivity contribution in [2.24, 2.45) is 22.4 Å². The molecule has 5 atom stereocenters. The van der Waals surface area contributed by atoms with Crippen LogP contribution in [0.1, 0.15) is 63.0 Å². The molecular weight excluding hydrogens is 318 g/mol. The Hall–Kier alpha value is -1.75. The molecular formula is C20H27NO4. The number of benzene rings is 1. The second-order valence-electron chi connectivity index (χ2n) is 8.11. The second-order valence-corrected chi connectivity index (χ2v) is 8.11. The van der Waals surface area contributed by atoms with E-state index in [-0.39, 0.29) is 17.3 Å². The van der Waals surface area contributed by atoms with Gasteiger partial charge >= 0.3 is 0 Å². The fourth-order valence-corrected chi connectivity index (χ4v) is 5.77. The number of fused-ring (bicyclic) bond motifs is 5. The van der Waals surface area contributed by atoms with Crippen molar-refractivity contribution in [3.05, 3.63) is 23.3 Å². The zero-order valence-corrected chi connectivity index (χ0v) is 14.9. The van der Waals surface area contributed by atoms with Crippen LogP contribution in [0.4, 0.5) is 0 Å². The quantitative estimate of drug-likeness (QED) is 0.564. The third kappa shape index (κ3) is 2.35. The van der Waals surface area contributed by atoms with Crippen LogP contribution in [-0.2, 0) is 0 Å². The highest BCUT2D eigenvalue weighted by atomic mass is 16.5. The van der Waals surface area contributed by atoms with Gasteiger partial charge in [0.25, 0.3) is 0 Å². The van der Waals surface area contributed by atoms with Crippen LogP contribution in [0.15, 0.2) is 17.3 Å². The van der Waals surface area contributed by atoms with Gasteiger partial charge in [0.05, 0.1) is 18.4 Å². The Morgan fingerprint density at radius 2 is 2.08 bits per heavy atom. The molecule has 5 heteroatoms. The molecule has 0 spiro atoms. The zero-order valence-electron chi connectivity index (χ0n) is 14.9. The maximum Gasteiger partial charge on any atom is 0.161 e. The molecule has 0 aromatic heterocycles. The Kier molecular flexibility index (Phi) is 3.95. The molecule has 1 aromatic carbocycles. The second kappa shape index (κ2) is 5.90. The monoisotopic (exact) mass is 345 g/mol. The topological polar surface area (TPSA) is 82.3 Å². The minimum atomic E-state index is -0.229. The van der Waals surface area contributed by atoms with E-state index in [1.807, 2.05) is 13.0 Å². The van der Waals surface area contributed by atoms with Gasteiger partial charge in [0.2, 0.25) is 0 Å². The first-order valence-electron chi connectivity index (χ1n) is 9.38. The van der Waals surface area contributed by atoms with Crippen LogP contribution in [0.25, 0.3) is 0 Å². The Labute approximate surface area is 148 Å². The summed E-state index contributed by atoms with van der Waals surface area (Å²) in [5.74, 6) is 1.77. The molecule has 136 valence electrons. The van der Waals surface area contributed by atoms with Gasteiger partial charge in [-0.3, -0.25) is 0 Å². The van der Waals surface area contributed by atoms with Crippen molar-refractivity contribution in [1.29, 1.82) is 0 Å². The molecule has 0 saturated heterocycles. The zero-order chi connectivity index (χ0) is 17.8. The predicted molar refractivity (Wildman–Crippen MR) is 94.5 cm³/mol. The molecule has 3 aliphatic rings. The van der Waals surface area contributed by atoms with E-state index in [1.165, 1.54) is 0 Å². The first-order valence-corrected chi connectivity index (χ1v) is 9.38. The molecule has 3 aliphatic carbocycles. The van der Waals surface area contributed by atoms with Crippen LogP contribution >= 0.6 is 0 Å². The summed E-state index contributed by atoms with van der Waals surface area (Å²) < 4.78 is 5.58. The van der Waals surface area contributed by atoms with Crippen molar-refractivity contribution in [2.75, 3.05) is 6.61 Å². The van der Waals surface area contributed by atoms with Crippen LogP contribution in [0.3, 0.4) is 0 Å². The lowest BCUT2D eigenvalue weighted by atomic mass is 9.55. The number of aromatic hydroxyl groups is 1. The van der Waals surface area contributed by atoms with Crippen molar-refractivity contribution >= 4 is 5.71 Å².